The third-order valence-electron chi connectivity index (χ3n) is 4.15. The summed E-state index contributed by atoms with van der Waals surface area (Å²) in [6.07, 6.45) is 4.08. The molecule has 0 bridgehead atoms. The molecule has 0 saturated heterocycles. The first-order chi connectivity index (χ1) is 8.46. The van der Waals surface area contributed by atoms with Crippen molar-refractivity contribution in [2.45, 2.75) is 52.0 Å². The van der Waals surface area contributed by atoms with E-state index in [0.29, 0.717) is 12.8 Å². The van der Waals surface area contributed by atoms with Crippen molar-refractivity contribution in [2.75, 3.05) is 13.6 Å². The molecule has 2 N–H and O–H groups in total. The first-order valence-corrected chi connectivity index (χ1v) is 6.71. The Morgan fingerprint density at radius 2 is 1.89 bits per heavy atom. The van der Waals surface area contributed by atoms with Gasteiger partial charge in [-0.1, -0.05) is 20.3 Å². The smallest absolute Gasteiger partial charge is 0.317 e. The van der Waals surface area contributed by atoms with Crippen molar-refractivity contribution in [1.82, 2.24) is 10.2 Å². The lowest BCUT2D eigenvalue weighted by Gasteiger charge is -2.38. The fourth-order valence-corrected chi connectivity index (χ4v) is 2.44. The molecule has 5 heteroatoms. The van der Waals surface area contributed by atoms with Gasteiger partial charge in [0.15, 0.2) is 0 Å². The average Bonchev–Trinajstić information content (AvgIpc) is 2.28. The number of carbonyl (C=O) groups excluding carboxylic acids is 1. The third kappa shape index (κ3) is 2.94. The van der Waals surface area contributed by atoms with E-state index >= 15 is 0 Å². The van der Waals surface area contributed by atoms with E-state index < -0.39 is 11.4 Å². The summed E-state index contributed by atoms with van der Waals surface area (Å²) < 4.78 is 0. The molecule has 1 aliphatic carbocycles. The molecule has 0 heterocycles. The summed E-state index contributed by atoms with van der Waals surface area (Å²) in [5.74, 6) is -0.792. The Kier molecular flexibility index (Phi) is 4.99. The first-order valence-electron chi connectivity index (χ1n) is 6.71. The normalized spacial score (nSPS) is 17.1. The largest absolute Gasteiger partial charge is 0.481 e. The average molecular weight is 256 g/mol. The van der Waals surface area contributed by atoms with Crippen molar-refractivity contribution in [3.63, 3.8) is 0 Å². The quantitative estimate of drug-likeness (QED) is 0.764. The van der Waals surface area contributed by atoms with Crippen LogP contribution in [0.3, 0.4) is 0 Å². The number of hydrogen-bond donors (Lipinski definition) is 2. The number of nitrogens with zero attached hydrogens (tertiary/aromatic N) is 1. The van der Waals surface area contributed by atoms with Gasteiger partial charge in [0.05, 0.1) is 5.41 Å². The summed E-state index contributed by atoms with van der Waals surface area (Å²) in [5.41, 5.74) is -0.718. The predicted octanol–water partition coefficient (Wildman–Crippen LogP) is 2.07. The molecule has 1 rings (SSSR count). The van der Waals surface area contributed by atoms with Crippen LogP contribution in [-0.4, -0.2) is 41.6 Å². The monoisotopic (exact) mass is 256 g/mol. The Labute approximate surface area is 109 Å². The molecular formula is C13H24N2O3. The molecule has 0 atom stereocenters. The van der Waals surface area contributed by atoms with Crippen molar-refractivity contribution in [2.24, 2.45) is 5.41 Å². The van der Waals surface area contributed by atoms with Gasteiger partial charge in [-0.3, -0.25) is 4.79 Å². The zero-order valence-electron chi connectivity index (χ0n) is 11.5. The number of rotatable bonds is 6. The van der Waals surface area contributed by atoms with Crippen LogP contribution in [0.4, 0.5) is 4.79 Å². The molecule has 0 spiro atoms. The van der Waals surface area contributed by atoms with E-state index in [1.54, 1.807) is 11.9 Å². The number of amides is 2. The number of hydrogen-bond acceptors (Lipinski definition) is 2. The van der Waals surface area contributed by atoms with E-state index in [1.807, 2.05) is 13.8 Å². The first kappa shape index (κ1) is 14.8. The Morgan fingerprint density at radius 1 is 1.33 bits per heavy atom. The number of urea groups is 1. The molecule has 0 radical (unpaired) electrons. The minimum absolute atomic E-state index is 0.170. The molecule has 0 aromatic carbocycles. The number of carbonyl (C=O) groups is 2. The molecule has 0 aromatic rings. The van der Waals surface area contributed by atoms with E-state index in [2.05, 4.69) is 5.32 Å². The summed E-state index contributed by atoms with van der Waals surface area (Å²) in [5, 5.41) is 11.9. The molecule has 1 aliphatic rings. The zero-order chi connectivity index (χ0) is 13.8. The van der Waals surface area contributed by atoms with Crippen molar-refractivity contribution >= 4 is 12.0 Å². The van der Waals surface area contributed by atoms with Crippen molar-refractivity contribution < 1.29 is 14.7 Å². The predicted molar refractivity (Wildman–Crippen MR) is 69.5 cm³/mol. The summed E-state index contributed by atoms with van der Waals surface area (Å²) in [7, 11) is 1.77. The van der Waals surface area contributed by atoms with Gasteiger partial charge in [0.25, 0.3) is 0 Å². The lowest BCUT2D eigenvalue weighted by Crippen LogP contribution is -2.51. The summed E-state index contributed by atoms with van der Waals surface area (Å²) in [6, 6.07) is 0.0448. The molecule has 0 aliphatic heterocycles. The SMILES string of the molecule is CCC(CC)N(C)C(=O)NCC1(C(=O)O)CCC1. The van der Waals surface area contributed by atoms with Crippen LogP contribution in [0.5, 0.6) is 0 Å². The van der Waals surface area contributed by atoms with Gasteiger partial charge in [0.2, 0.25) is 0 Å². The highest BCUT2D eigenvalue weighted by Gasteiger charge is 2.44. The second-order valence-corrected chi connectivity index (χ2v) is 5.18. The van der Waals surface area contributed by atoms with Crippen LogP contribution in [0, 0.1) is 5.41 Å². The van der Waals surface area contributed by atoms with Gasteiger partial charge < -0.3 is 15.3 Å². The van der Waals surface area contributed by atoms with E-state index in [4.69, 9.17) is 0 Å². The Hall–Kier alpha value is -1.26. The zero-order valence-corrected chi connectivity index (χ0v) is 11.5. The molecule has 2 amide bonds. The second-order valence-electron chi connectivity index (χ2n) is 5.18. The molecule has 0 unspecified atom stereocenters. The van der Waals surface area contributed by atoms with Gasteiger partial charge in [-0.2, -0.15) is 0 Å². The molecule has 18 heavy (non-hydrogen) atoms. The van der Waals surface area contributed by atoms with Crippen LogP contribution >= 0.6 is 0 Å². The van der Waals surface area contributed by atoms with Gasteiger partial charge in [0, 0.05) is 19.6 Å². The number of aliphatic carboxylic acids is 1. The highest BCUT2D eigenvalue weighted by molar-refractivity contribution is 5.78. The van der Waals surface area contributed by atoms with Crippen LogP contribution in [0.2, 0.25) is 0 Å². The van der Waals surface area contributed by atoms with E-state index in [1.165, 1.54) is 0 Å². The molecule has 104 valence electrons. The van der Waals surface area contributed by atoms with Crippen molar-refractivity contribution in [1.29, 1.82) is 0 Å². The molecule has 1 fully saturated rings. The highest BCUT2D eigenvalue weighted by Crippen LogP contribution is 2.40. The minimum Gasteiger partial charge on any atom is -0.481 e. The van der Waals surface area contributed by atoms with E-state index in [9.17, 15) is 14.7 Å². The Bertz CT molecular complexity index is 309. The molecule has 0 aromatic heterocycles. The number of carboxylic acids is 1. The van der Waals surface area contributed by atoms with E-state index in [0.717, 1.165) is 19.3 Å². The third-order valence-corrected chi connectivity index (χ3v) is 4.15. The lowest BCUT2D eigenvalue weighted by atomic mass is 9.69. The van der Waals surface area contributed by atoms with Gasteiger partial charge in [-0.15, -0.1) is 0 Å². The fraction of sp³-hybridized carbons (Fsp3) is 0.846. The summed E-state index contributed by atoms with van der Waals surface area (Å²) >= 11 is 0. The van der Waals surface area contributed by atoms with Crippen molar-refractivity contribution in [3.8, 4) is 0 Å². The maximum Gasteiger partial charge on any atom is 0.317 e. The molecule has 5 nitrogen and oxygen atoms in total. The fourth-order valence-electron chi connectivity index (χ4n) is 2.44. The number of carboxylic acid groups (broad SMARTS) is 1. The maximum atomic E-state index is 11.9. The molecule has 1 saturated carbocycles. The second kappa shape index (κ2) is 6.07. The number of nitrogens with one attached hydrogen (secondary N) is 1. The van der Waals surface area contributed by atoms with Crippen LogP contribution in [0.1, 0.15) is 46.0 Å². The lowest BCUT2D eigenvalue weighted by molar-refractivity contribution is -0.153. The van der Waals surface area contributed by atoms with E-state index in [-0.39, 0.29) is 18.6 Å². The van der Waals surface area contributed by atoms with Gasteiger partial charge in [0.1, 0.15) is 0 Å². The Balaban J connectivity index is 2.48. The maximum absolute atomic E-state index is 11.9. The standard InChI is InChI=1S/C13H24N2O3/c1-4-10(5-2)15(3)12(18)14-9-13(11(16)17)7-6-8-13/h10H,4-9H2,1-3H3,(H,14,18)(H,16,17). The van der Waals surface area contributed by atoms with Gasteiger partial charge >= 0.3 is 12.0 Å². The summed E-state index contributed by atoms with van der Waals surface area (Å²) in [6.45, 7) is 4.33. The Morgan fingerprint density at radius 3 is 2.22 bits per heavy atom. The van der Waals surface area contributed by atoms with Crippen LogP contribution in [0.15, 0.2) is 0 Å². The van der Waals surface area contributed by atoms with Crippen LogP contribution < -0.4 is 5.32 Å². The topological polar surface area (TPSA) is 69.6 Å². The van der Waals surface area contributed by atoms with Gasteiger partial charge in [-0.25, -0.2) is 4.79 Å². The minimum atomic E-state index is -0.792. The highest BCUT2D eigenvalue weighted by atomic mass is 16.4. The van der Waals surface area contributed by atoms with Crippen LogP contribution in [-0.2, 0) is 4.79 Å². The summed E-state index contributed by atoms with van der Waals surface area (Å²) in [4.78, 5) is 24.8. The molecular weight excluding hydrogens is 232 g/mol. The van der Waals surface area contributed by atoms with Crippen molar-refractivity contribution in [3.05, 3.63) is 0 Å². The van der Waals surface area contributed by atoms with Gasteiger partial charge in [-0.05, 0) is 25.7 Å². The van der Waals surface area contributed by atoms with Crippen LogP contribution in [0.25, 0.3) is 0 Å².